The Kier molecular flexibility index (Phi) is 3.48. The summed E-state index contributed by atoms with van der Waals surface area (Å²) in [4.78, 5) is 13.8. The maximum atomic E-state index is 11.5. The average Bonchev–Trinajstić information content (AvgIpc) is 1.89. The van der Waals surface area contributed by atoms with E-state index in [1.807, 2.05) is 20.8 Å². The molecule has 1 fully saturated rings. The molecule has 1 rings (SSSR count). The molecule has 0 saturated carbocycles. The van der Waals surface area contributed by atoms with E-state index in [-0.39, 0.29) is 11.5 Å². The molecular weight excluding hydrogens is 202 g/mol. The van der Waals surface area contributed by atoms with Crippen molar-refractivity contribution in [2.75, 3.05) is 13.1 Å². The summed E-state index contributed by atoms with van der Waals surface area (Å²) < 4.78 is 5.23. The largest absolute Gasteiger partial charge is 0.457 e. The molecule has 0 spiro atoms. The summed E-state index contributed by atoms with van der Waals surface area (Å²) in [6, 6.07) is 0. The number of carbonyl (C=O) groups is 1. The molecular formula is C13H23NO2. The average molecular weight is 225 g/mol. The van der Waals surface area contributed by atoms with Gasteiger partial charge in [0.15, 0.2) is 0 Å². The van der Waals surface area contributed by atoms with Gasteiger partial charge in [-0.25, -0.2) is 4.79 Å². The van der Waals surface area contributed by atoms with Crippen LogP contribution in [-0.2, 0) is 9.53 Å². The van der Waals surface area contributed by atoms with Crippen LogP contribution in [0.3, 0.4) is 0 Å². The summed E-state index contributed by atoms with van der Waals surface area (Å²) in [6.45, 7) is 13.9. The van der Waals surface area contributed by atoms with Gasteiger partial charge >= 0.3 is 5.97 Å². The quantitative estimate of drug-likeness (QED) is 0.507. The molecule has 0 aromatic heterocycles. The molecule has 0 amide bonds. The highest BCUT2D eigenvalue weighted by molar-refractivity contribution is 5.83. The summed E-state index contributed by atoms with van der Waals surface area (Å²) in [5, 5.41) is 0. The fourth-order valence-corrected chi connectivity index (χ4v) is 1.51. The van der Waals surface area contributed by atoms with Crippen molar-refractivity contribution < 1.29 is 9.53 Å². The van der Waals surface area contributed by atoms with E-state index < -0.39 is 5.60 Å². The lowest BCUT2D eigenvalue weighted by Crippen LogP contribution is -2.51. The van der Waals surface area contributed by atoms with Crippen LogP contribution < -0.4 is 0 Å². The van der Waals surface area contributed by atoms with Crippen molar-refractivity contribution in [3.05, 3.63) is 11.6 Å². The maximum absolute atomic E-state index is 11.5. The highest BCUT2D eigenvalue weighted by Gasteiger charge is 2.30. The summed E-state index contributed by atoms with van der Waals surface area (Å²) >= 11 is 0. The maximum Gasteiger partial charge on any atom is 0.331 e. The normalized spacial score (nSPS) is 18.0. The fraction of sp³-hybridized carbons (Fsp3) is 0.769. The zero-order valence-electron chi connectivity index (χ0n) is 11.3. The highest BCUT2D eigenvalue weighted by Crippen LogP contribution is 2.24. The topological polar surface area (TPSA) is 29.5 Å². The predicted molar refractivity (Wildman–Crippen MR) is 65.3 cm³/mol. The summed E-state index contributed by atoms with van der Waals surface area (Å²) in [5.74, 6) is -0.226. The minimum absolute atomic E-state index is 0.186. The van der Waals surface area contributed by atoms with Crippen molar-refractivity contribution in [3.8, 4) is 0 Å². The van der Waals surface area contributed by atoms with Crippen molar-refractivity contribution in [2.45, 2.75) is 52.7 Å². The number of ether oxygens (including phenoxy) is 1. The van der Waals surface area contributed by atoms with Crippen LogP contribution in [0.5, 0.6) is 0 Å². The molecule has 0 unspecified atom stereocenters. The number of likely N-dealkylation sites (tertiary alicyclic amines) is 1. The lowest BCUT2D eigenvalue weighted by Gasteiger charge is -2.44. The van der Waals surface area contributed by atoms with Gasteiger partial charge in [-0.15, -0.1) is 0 Å². The Balaban J connectivity index is 2.43. The molecule has 1 saturated heterocycles. The van der Waals surface area contributed by atoms with Gasteiger partial charge in [0.25, 0.3) is 0 Å². The van der Waals surface area contributed by atoms with Gasteiger partial charge in [0.1, 0.15) is 5.60 Å². The Morgan fingerprint density at radius 1 is 1.19 bits per heavy atom. The van der Waals surface area contributed by atoms with Gasteiger partial charge < -0.3 is 4.74 Å². The molecule has 0 aromatic rings. The SMILES string of the molecule is CC(C)(C)OC(=O)C=C1CN(C(C)(C)C)C1. The third-order valence-electron chi connectivity index (χ3n) is 2.47. The Hall–Kier alpha value is -0.830. The first-order chi connectivity index (χ1) is 7.08. The second-order valence-corrected chi connectivity index (χ2v) is 6.36. The monoisotopic (exact) mass is 225 g/mol. The van der Waals surface area contributed by atoms with Gasteiger partial charge in [-0.1, -0.05) is 0 Å². The van der Waals surface area contributed by atoms with Crippen molar-refractivity contribution in [2.24, 2.45) is 0 Å². The predicted octanol–water partition coefficient (Wildman–Crippen LogP) is 2.37. The van der Waals surface area contributed by atoms with Crippen LogP contribution in [0.25, 0.3) is 0 Å². The first kappa shape index (κ1) is 13.2. The molecule has 0 aromatic carbocycles. The van der Waals surface area contributed by atoms with E-state index in [1.54, 1.807) is 6.08 Å². The van der Waals surface area contributed by atoms with E-state index in [9.17, 15) is 4.79 Å². The Morgan fingerprint density at radius 3 is 2.06 bits per heavy atom. The molecule has 92 valence electrons. The van der Waals surface area contributed by atoms with Gasteiger partial charge in [-0.3, -0.25) is 4.90 Å². The number of nitrogens with zero attached hydrogens (tertiary/aromatic N) is 1. The van der Waals surface area contributed by atoms with Crippen LogP contribution in [0.1, 0.15) is 41.5 Å². The molecule has 1 heterocycles. The van der Waals surface area contributed by atoms with Gasteiger partial charge in [-0.05, 0) is 47.1 Å². The lowest BCUT2D eigenvalue weighted by molar-refractivity contribution is -0.148. The molecule has 0 radical (unpaired) electrons. The van der Waals surface area contributed by atoms with Crippen molar-refractivity contribution in [3.63, 3.8) is 0 Å². The van der Waals surface area contributed by atoms with E-state index >= 15 is 0 Å². The van der Waals surface area contributed by atoms with Crippen LogP contribution in [0.4, 0.5) is 0 Å². The van der Waals surface area contributed by atoms with Gasteiger partial charge in [0.05, 0.1) is 0 Å². The van der Waals surface area contributed by atoms with Crippen LogP contribution >= 0.6 is 0 Å². The third-order valence-corrected chi connectivity index (χ3v) is 2.47. The van der Waals surface area contributed by atoms with Crippen molar-refractivity contribution >= 4 is 5.97 Å². The van der Waals surface area contributed by atoms with E-state index in [2.05, 4.69) is 25.7 Å². The zero-order valence-corrected chi connectivity index (χ0v) is 11.3. The summed E-state index contributed by atoms with van der Waals surface area (Å²) in [6.07, 6.45) is 1.63. The molecule has 16 heavy (non-hydrogen) atoms. The van der Waals surface area contributed by atoms with Crippen LogP contribution in [0, 0.1) is 0 Å². The number of rotatable bonds is 1. The number of hydrogen-bond donors (Lipinski definition) is 0. The zero-order chi connectivity index (χ0) is 12.6. The van der Waals surface area contributed by atoms with E-state index in [4.69, 9.17) is 4.74 Å². The number of carbonyl (C=O) groups excluding carboxylic acids is 1. The second kappa shape index (κ2) is 4.21. The molecule has 0 N–H and O–H groups in total. The molecule has 1 aliphatic heterocycles. The van der Waals surface area contributed by atoms with Crippen LogP contribution in [0.2, 0.25) is 0 Å². The Labute approximate surface area is 98.5 Å². The minimum atomic E-state index is -0.401. The molecule has 0 aliphatic carbocycles. The van der Waals surface area contributed by atoms with Crippen LogP contribution in [-0.4, -0.2) is 35.1 Å². The van der Waals surface area contributed by atoms with Gasteiger partial charge in [-0.2, -0.15) is 0 Å². The Bertz CT molecular complexity index is 297. The van der Waals surface area contributed by atoms with E-state index in [0.29, 0.717) is 0 Å². The van der Waals surface area contributed by atoms with Gasteiger partial charge in [0.2, 0.25) is 0 Å². The van der Waals surface area contributed by atoms with Crippen molar-refractivity contribution in [1.29, 1.82) is 0 Å². The molecule has 3 nitrogen and oxygen atoms in total. The lowest BCUT2D eigenvalue weighted by atomic mass is 9.97. The standard InChI is InChI=1S/C13H23NO2/c1-12(2,3)14-8-10(9-14)7-11(15)16-13(4,5)6/h7H,8-9H2,1-6H3. The Morgan fingerprint density at radius 2 is 1.69 bits per heavy atom. The smallest absolute Gasteiger partial charge is 0.331 e. The number of esters is 1. The molecule has 0 bridgehead atoms. The molecule has 3 heteroatoms. The molecule has 1 aliphatic rings. The first-order valence-electron chi connectivity index (χ1n) is 5.75. The summed E-state index contributed by atoms with van der Waals surface area (Å²) in [5.41, 5.74) is 0.941. The second-order valence-electron chi connectivity index (χ2n) is 6.36. The first-order valence-corrected chi connectivity index (χ1v) is 5.75. The molecule has 0 atom stereocenters. The van der Waals surface area contributed by atoms with Crippen molar-refractivity contribution in [1.82, 2.24) is 4.90 Å². The summed E-state index contributed by atoms with van der Waals surface area (Å²) in [7, 11) is 0. The van der Waals surface area contributed by atoms with E-state index in [0.717, 1.165) is 18.7 Å². The third kappa shape index (κ3) is 3.97. The van der Waals surface area contributed by atoms with Crippen LogP contribution in [0.15, 0.2) is 11.6 Å². The highest BCUT2D eigenvalue weighted by atomic mass is 16.6. The van der Waals surface area contributed by atoms with Gasteiger partial charge in [0, 0.05) is 24.7 Å². The fourth-order valence-electron chi connectivity index (χ4n) is 1.51. The number of hydrogen-bond acceptors (Lipinski definition) is 3. The minimum Gasteiger partial charge on any atom is -0.457 e. The van der Waals surface area contributed by atoms with E-state index in [1.165, 1.54) is 0 Å².